The summed E-state index contributed by atoms with van der Waals surface area (Å²) in [5, 5.41) is 7.08. The third-order valence-electron chi connectivity index (χ3n) is 3.17. The average Bonchev–Trinajstić information content (AvgIpc) is 2.98. The van der Waals surface area contributed by atoms with Crippen molar-refractivity contribution in [1.29, 1.82) is 0 Å². The standard InChI is InChI=1S/C12H17N5O/c1-13-7-10-6-11(18-15-10)8-16-4-5-17-3-2-14-12(17)9-16/h2-3,6,13H,4-5,7-9H2,1H3. The zero-order valence-corrected chi connectivity index (χ0v) is 10.5. The van der Waals surface area contributed by atoms with Gasteiger partial charge in [-0.3, -0.25) is 4.90 Å². The number of fused-ring (bicyclic) bond motifs is 1. The van der Waals surface area contributed by atoms with E-state index in [9.17, 15) is 0 Å². The molecule has 3 heterocycles. The van der Waals surface area contributed by atoms with Gasteiger partial charge in [0.1, 0.15) is 5.82 Å². The zero-order chi connectivity index (χ0) is 12.4. The van der Waals surface area contributed by atoms with Gasteiger partial charge in [-0.05, 0) is 7.05 Å². The molecule has 0 saturated heterocycles. The Morgan fingerprint density at radius 2 is 2.39 bits per heavy atom. The third-order valence-corrected chi connectivity index (χ3v) is 3.17. The topological polar surface area (TPSA) is 59.1 Å². The van der Waals surface area contributed by atoms with E-state index in [1.165, 1.54) is 0 Å². The summed E-state index contributed by atoms with van der Waals surface area (Å²) in [6, 6.07) is 2.01. The molecule has 0 saturated carbocycles. The first kappa shape index (κ1) is 11.4. The lowest BCUT2D eigenvalue weighted by Crippen LogP contribution is -2.33. The second-order valence-electron chi connectivity index (χ2n) is 4.56. The quantitative estimate of drug-likeness (QED) is 0.857. The van der Waals surface area contributed by atoms with Crippen LogP contribution in [0.15, 0.2) is 23.0 Å². The molecule has 6 heteroatoms. The first-order valence-corrected chi connectivity index (χ1v) is 6.16. The molecule has 0 amide bonds. The van der Waals surface area contributed by atoms with Crippen LogP contribution in [0.3, 0.4) is 0 Å². The summed E-state index contributed by atoms with van der Waals surface area (Å²) in [6.07, 6.45) is 3.89. The minimum Gasteiger partial charge on any atom is -0.360 e. The summed E-state index contributed by atoms with van der Waals surface area (Å²) in [5.41, 5.74) is 0.950. The summed E-state index contributed by atoms with van der Waals surface area (Å²) in [5.74, 6) is 2.04. The largest absolute Gasteiger partial charge is 0.360 e. The molecule has 0 fully saturated rings. The molecule has 1 aliphatic rings. The number of hydrogen-bond donors (Lipinski definition) is 1. The second kappa shape index (κ2) is 4.91. The van der Waals surface area contributed by atoms with Crippen molar-refractivity contribution in [2.75, 3.05) is 13.6 Å². The summed E-state index contributed by atoms with van der Waals surface area (Å²) < 4.78 is 7.53. The van der Waals surface area contributed by atoms with Crippen LogP contribution in [0.4, 0.5) is 0 Å². The van der Waals surface area contributed by atoms with E-state index in [-0.39, 0.29) is 0 Å². The molecule has 0 radical (unpaired) electrons. The highest BCUT2D eigenvalue weighted by molar-refractivity contribution is 5.06. The highest BCUT2D eigenvalue weighted by Gasteiger charge is 2.18. The van der Waals surface area contributed by atoms with Crippen molar-refractivity contribution in [3.05, 3.63) is 35.7 Å². The van der Waals surface area contributed by atoms with Gasteiger partial charge in [-0.1, -0.05) is 5.16 Å². The maximum atomic E-state index is 5.33. The average molecular weight is 247 g/mol. The van der Waals surface area contributed by atoms with Crippen molar-refractivity contribution in [3.8, 4) is 0 Å². The molecule has 3 rings (SSSR count). The maximum absolute atomic E-state index is 5.33. The summed E-state index contributed by atoms with van der Waals surface area (Å²) in [4.78, 5) is 6.67. The Kier molecular flexibility index (Phi) is 3.12. The van der Waals surface area contributed by atoms with Crippen LogP contribution in [-0.2, 0) is 26.2 Å². The van der Waals surface area contributed by atoms with Crippen molar-refractivity contribution in [3.63, 3.8) is 0 Å². The van der Waals surface area contributed by atoms with Gasteiger partial charge in [0.25, 0.3) is 0 Å². The molecule has 2 aromatic rings. The Morgan fingerprint density at radius 1 is 1.44 bits per heavy atom. The molecular weight excluding hydrogens is 230 g/mol. The van der Waals surface area contributed by atoms with Gasteiger partial charge < -0.3 is 14.4 Å². The third kappa shape index (κ3) is 2.30. The van der Waals surface area contributed by atoms with E-state index in [1.54, 1.807) is 0 Å². The van der Waals surface area contributed by atoms with Crippen molar-refractivity contribution in [2.24, 2.45) is 0 Å². The predicted molar refractivity (Wildman–Crippen MR) is 65.6 cm³/mol. The van der Waals surface area contributed by atoms with Crippen LogP contribution in [0, 0.1) is 0 Å². The predicted octanol–water partition coefficient (Wildman–Crippen LogP) is 0.606. The van der Waals surface area contributed by atoms with E-state index in [0.717, 1.165) is 50.0 Å². The summed E-state index contributed by atoms with van der Waals surface area (Å²) in [6.45, 7) is 4.42. The highest BCUT2D eigenvalue weighted by atomic mass is 16.5. The van der Waals surface area contributed by atoms with Crippen LogP contribution in [0.2, 0.25) is 0 Å². The smallest absolute Gasteiger partial charge is 0.151 e. The van der Waals surface area contributed by atoms with Crippen molar-refractivity contribution in [2.45, 2.75) is 26.2 Å². The monoisotopic (exact) mass is 247 g/mol. The number of nitrogens with zero attached hydrogens (tertiary/aromatic N) is 4. The van der Waals surface area contributed by atoms with Crippen molar-refractivity contribution in [1.82, 2.24) is 24.9 Å². The Morgan fingerprint density at radius 3 is 3.28 bits per heavy atom. The Hall–Kier alpha value is -1.66. The first-order valence-electron chi connectivity index (χ1n) is 6.16. The second-order valence-corrected chi connectivity index (χ2v) is 4.56. The van der Waals surface area contributed by atoms with Gasteiger partial charge in [0.2, 0.25) is 0 Å². The summed E-state index contributed by atoms with van der Waals surface area (Å²) in [7, 11) is 1.90. The van der Waals surface area contributed by atoms with E-state index in [1.807, 2.05) is 25.5 Å². The lowest BCUT2D eigenvalue weighted by atomic mass is 10.3. The normalized spacial score (nSPS) is 15.8. The fourth-order valence-electron chi connectivity index (χ4n) is 2.27. The molecule has 0 aliphatic carbocycles. The van der Waals surface area contributed by atoms with Gasteiger partial charge in [-0.2, -0.15) is 0 Å². The van der Waals surface area contributed by atoms with Gasteiger partial charge >= 0.3 is 0 Å². The minimum atomic E-state index is 0.744. The van der Waals surface area contributed by atoms with Gasteiger partial charge in [0.15, 0.2) is 5.76 Å². The van der Waals surface area contributed by atoms with Crippen LogP contribution in [-0.4, -0.2) is 33.2 Å². The Bertz CT molecular complexity index is 518. The SMILES string of the molecule is CNCc1cc(CN2CCn3ccnc3C2)on1. The maximum Gasteiger partial charge on any atom is 0.151 e. The molecule has 1 N–H and O–H groups in total. The van der Waals surface area contributed by atoms with Gasteiger partial charge in [-0.25, -0.2) is 4.98 Å². The number of hydrogen-bond acceptors (Lipinski definition) is 5. The van der Waals surface area contributed by atoms with Crippen LogP contribution in [0.25, 0.3) is 0 Å². The number of aromatic nitrogens is 3. The molecule has 0 atom stereocenters. The van der Waals surface area contributed by atoms with E-state index in [2.05, 4.69) is 24.9 Å². The van der Waals surface area contributed by atoms with Gasteiger partial charge in [0.05, 0.1) is 18.8 Å². The molecule has 6 nitrogen and oxygen atoms in total. The Labute approximate surface area is 106 Å². The molecule has 0 bridgehead atoms. The molecule has 1 aliphatic heterocycles. The van der Waals surface area contributed by atoms with E-state index < -0.39 is 0 Å². The number of imidazole rings is 1. The lowest BCUT2D eigenvalue weighted by molar-refractivity contribution is 0.186. The first-order chi connectivity index (χ1) is 8.85. The molecule has 0 unspecified atom stereocenters. The minimum absolute atomic E-state index is 0.744. The molecule has 18 heavy (non-hydrogen) atoms. The van der Waals surface area contributed by atoms with E-state index >= 15 is 0 Å². The van der Waals surface area contributed by atoms with Crippen LogP contribution in [0.1, 0.15) is 17.3 Å². The molecule has 2 aromatic heterocycles. The fraction of sp³-hybridized carbons (Fsp3) is 0.500. The van der Waals surface area contributed by atoms with Crippen LogP contribution in [0.5, 0.6) is 0 Å². The molecule has 96 valence electrons. The number of nitrogens with one attached hydrogen (secondary N) is 1. The zero-order valence-electron chi connectivity index (χ0n) is 10.5. The molecular formula is C12H17N5O. The van der Waals surface area contributed by atoms with E-state index in [0.29, 0.717) is 0 Å². The fourth-order valence-corrected chi connectivity index (χ4v) is 2.27. The van der Waals surface area contributed by atoms with Crippen molar-refractivity contribution >= 4 is 0 Å². The number of rotatable bonds is 4. The summed E-state index contributed by atoms with van der Waals surface area (Å²) >= 11 is 0. The molecule has 0 spiro atoms. The van der Waals surface area contributed by atoms with Gasteiger partial charge in [-0.15, -0.1) is 0 Å². The van der Waals surface area contributed by atoms with Crippen LogP contribution < -0.4 is 5.32 Å². The highest BCUT2D eigenvalue weighted by Crippen LogP contribution is 2.14. The van der Waals surface area contributed by atoms with Gasteiger partial charge in [0, 0.05) is 38.1 Å². The van der Waals surface area contributed by atoms with Crippen molar-refractivity contribution < 1.29 is 4.52 Å². The van der Waals surface area contributed by atoms with Crippen LogP contribution >= 0.6 is 0 Å². The van der Waals surface area contributed by atoms with E-state index in [4.69, 9.17) is 4.52 Å². The molecule has 0 aromatic carbocycles. The Balaban J connectivity index is 1.63. The lowest BCUT2D eigenvalue weighted by Gasteiger charge is -2.26.